The van der Waals surface area contributed by atoms with Gasteiger partial charge in [0.25, 0.3) is 0 Å². The minimum Gasteiger partial charge on any atom is -0.443 e. The number of carbonyl (C=O) groups excluding carboxylic acids is 2. The first kappa shape index (κ1) is 18.8. The van der Waals surface area contributed by atoms with Gasteiger partial charge in [0, 0.05) is 11.9 Å². The molecule has 0 radical (unpaired) electrons. The Morgan fingerprint density at radius 3 is 2.28 bits per heavy atom. The summed E-state index contributed by atoms with van der Waals surface area (Å²) in [6, 6.07) is 14.0. The van der Waals surface area contributed by atoms with Gasteiger partial charge in [-0.2, -0.15) is 0 Å². The van der Waals surface area contributed by atoms with E-state index in [-0.39, 0.29) is 5.91 Å². The molecule has 0 aromatic heterocycles. The van der Waals surface area contributed by atoms with E-state index in [1.165, 1.54) is 11.8 Å². The lowest BCUT2D eigenvalue weighted by molar-refractivity contribution is -0.114. The molecule has 0 spiro atoms. The Morgan fingerprint density at radius 1 is 1.08 bits per heavy atom. The fourth-order valence-corrected chi connectivity index (χ4v) is 2.38. The minimum atomic E-state index is -0.670. The lowest BCUT2D eigenvalue weighted by atomic mass is 10.2. The van der Waals surface area contributed by atoms with E-state index in [0.29, 0.717) is 22.1 Å². The molecule has 2 aromatic rings. The number of nitrogens with one attached hydrogen (secondary N) is 1. The van der Waals surface area contributed by atoms with E-state index in [4.69, 9.17) is 16.3 Å². The van der Waals surface area contributed by atoms with Crippen LogP contribution in [0.25, 0.3) is 0 Å². The van der Waals surface area contributed by atoms with Crippen molar-refractivity contribution in [3.8, 4) is 0 Å². The summed E-state index contributed by atoms with van der Waals surface area (Å²) in [4.78, 5) is 25.8. The minimum absolute atomic E-state index is 0.249. The van der Waals surface area contributed by atoms with Gasteiger partial charge < -0.3 is 10.1 Å². The monoisotopic (exact) mass is 360 g/mol. The van der Waals surface area contributed by atoms with Gasteiger partial charge in [-0.3, -0.25) is 4.79 Å². The number of para-hydroxylation sites is 1. The number of benzene rings is 2. The fraction of sp³-hybridized carbons (Fsp3) is 0.263. The Morgan fingerprint density at radius 2 is 1.72 bits per heavy atom. The molecular formula is C19H21ClN2O3. The Hall–Kier alpha value is -2.53. The van der Waals surface area contributed by atoms with Crippen molar-refractivity contribution in [1.82, 2.24) is 0 Å². The first-order chi connectivity index (χ1) is 11.7. The molecule has 0 aliphatic rings. The van der Waals surface area contributed by atoms with Gasteiger partial charge >= 0.3 is 6.09 Å². The molecule has 0 unspecified atom stereocenters. The normalized spacial score (nSPS) is 10.9. The van der Waals surface area contributed by atoms with E-state index in [9.17, 15) is 9.59 Å². The van der Waals surface area contributed by atoms with Gasteiger partial charge in [-0.25, -0.2) is 9.69 Å². The zero-order valence-corrected chi connectivity index (χ0v) is 15.4. The molecule has 0 heterocycles. The third kappa shape index (κ3) is 5.22. The number of ether oxygens (including phenoxy) is 1. The second-order valence-corrected chi connectivity index (χ2v) is 6.93. The van der Waals surface area contributed by atoms with Crippen molar-refractivity contribution >= 4 is 40.7 Å². The summed E-state index contributed by atoms with van der Waals surface area (Å²) >= 11 is 6.13. The number of hydrogen-bond acceptors (Lipinski definition) is 3. The van der Waals surface area contributed by atoms with Crippen LogP contribution in [0.15, 0.2) is 48.5 Å². The summed E-state index contributed by atoms with van der Waals surface area (Å²) in [5, 5.41) is 3.16. The largest absolute Gasteiger partial charge is 0.443 e. The molecule has 0 saturated carbocycles. The lowest BCUT2D eigenvalue weighted by Crippen LogP contribution is -2.34. The number of nitrogens with zero attached hydrogens (tertiary/aromatic N) is 1. The molecule has 2 aromatic carbocycles. The molecule has 0 atom stereocenters. The molecule has 25 heavy (non-hydrogen) atoms. The molecule has 6 heteroatoms. The Kier molecular flexibility index (Phi) is 5.69. The molecule has 0 aliphatic heterocycles. The summed E-state index contributed by atoms with van der Waals surface area (Å²) < 4.78 is 5.54. The second kappa shape index (κ2) is 7.57. The summed E-state index contributed by atoms with van der Waals surface area (Å²) in [6.07, 6.45) is -0.562. The Labute approximate surface area is 152 Å². The average molecular weight is 361 g/mol. The van der Waals surface area contributed by atoms with Crippen LogP contribution in [0.1, 0.15) is 27.7 Å². The smallest absolute Gasteiger partial charge is 0.419 e. The van der Waals surface area contributed by atoms with Crippen molar-refractivity contribution in [3.05, 3.63) is 53.6 Å². The van der Waals surface area contributed by atoms with Gasteiger partial charge in [0.2, 0.25) is 5.91 Å². The zero-order chi connectivity index (χ0) is 18.6. The fourth-order valence-electron chi connectivity index (χ4n) is 2.21. The quantitative estimate of drug-likeness (QED) is 0.800. The van der Waals surface area contributed by atoms with Crippen molar-refractivity contribution in [2.75, 3.05) is 10.2 Å². The number of anilines is 3. The molecular weight excluding hydrogens is 340 g/mol. The van der Waals surface area contributed by atoms with Crippen molar-refractivity contribution < 1.29 is 14.3 Å². The second-order valence-electron chi connectivity index (χ2n) is 6.49. The van der Waals surface area contributed by atoms with Crippen LogP contribution in [-0.4, -0.2) is 17.6 Å². The third-order valence-corrected chi connectivity index (χ3v) is 3.34. The van der Waals surface area contributed by atoms with Crippen LogP contribution < -0.4 is 10.2 Å². The maximum Gasteiger partial charge on any atom is 0.419 e. The molecule has 0 saturated heterocycles. The molecule has 2 amide bonds. The first-order valence-electron chi connectivity index (χ1n) is 7.83. The van der Waals surface area contributed by atoms with Crippen LogP contribution in [0.3, 0.4) is 0 Å². The zero-order valence-electron chi connectivity index (χ0n) is 14.7. The standard InChI is InChI=1S/C19H21ClN2O3/c1-13(23)21-16-11-10-14(20)12-17(16)22(15-8-6-5-7-9-15)18(24)25-19(2,3)4/h5-12H,1-4H3,(H,21,23). The molecule has 0 fully saturated rings. The van der Waals surface area contributed by atoms with Crippen LogP contribution in [0.4, 0.5) is 21.9 Å². The average Bonchev–Trinajstić information content (AvgIpc) is 2.49. The number of amides is 2. The van der Waals surface area contributed by atoms with Gasteiger partial charge in [0.15, 0.2) is 0 Å². The molecule has 132 valence electrons. The van der Waals surface area contributed by atoms with Crippen LogP contribution in [-0.2, 0) is 9.53 Å². The maximum absolute atomic E-state index is 12.9. The highest BCUT2D eigenvalue weighted by atomic mass is 35.5. The van der Waals surface area contributed by atoms with E-state index >= 15 is 0 Å². The molecule has 1 N–H and O–H groups in total. The van der Waals surface area contributed by atoms with Gasteiger partial charge in [-0.1, -0.05) is 29.8 Å². The molecule has 0 aliphatic carbocycles. The highest BCUT2D eigenvalue weighted by molar-refractivity contribution is 6.31. The highest BCUT2D eigenvalue weighted by Gasteiger charge is 2.27. The topological polar surface area (TPSA) is 58.6 Å². The number of rotatable bonds is 3. The van der Waals surface area contributed by atoms with E-state index < -0.39 is 11.7 Å². The maximum atomic E-state index is 12.9. The number of hydrogen-bond donors (Lipinski definition) is 1. The number of carbonyl (C=O) groups is 2. The summed E-state index contributed by atoms with van der Waals surface area (Å²) in [7, 11) is 0. The molecule has 0 bridgehead atoms. The summed E-state index contributed by atoms with van der Waals surface area (Å²) in [5.74, 6) is -0.249. The Bertz CT molecular complexity index is 770. The van der Waals surface area contributed by atoms with E-state index in [2.05, 4.69) is 5.32 Å². The van der Waals surface area contributed by atoms with Crippen LogP contribution in [0.5, 0.6) is 0 Å². The predicted octanol–water partition coefficient (Wildman–Crippen LogP) is 5.37. The van der Waals surface area contributed by atoms with Gasteiger partial charge in [-0.15, -0.1) is 0 Å². The summed E-state index contributed by atoms with van der Waals surface area (Å²) in [5.41, 5.74) is 0.831. The van der Waals surface area contributed by atoms with E-state index in [1.54, 1.807) is 51.1 Å². The predicted molar refractivity (Wildman–Crippen MR) is 101 cm³/mol. The van der Waals surface area contributed by atoms with Crippen molar-refractivity contribution in [1.29, 1.82) is 0 Å². The summed E-state index contributed by atoms with van der Waals surface area (Å²) in [6.45, 7) is 6.78. The third-order valence-electron chi connectivity index (χ3n) is 3.10. The van der Waals surface area contributed by atoms with Gasteiger partial charge in [-0.05, 0) is 51.1 Å². The van der Waals surface area contributed by atoms with Gasteiger partial charge in [0.05, 0.1) is 17.1 Å². The van der Waals surface area contributed by atoms with Crippen molar-refractivity contribution in [2.45, 2.75) is 33.3 Å². The molecule has 2 rings (SSSR count). The first-order valence-corrected chi connectivity index (χ1v) is 8.20. The molecule has 5 nitrogen and oxygen atoms in total. The van der Waals surface area contributed by atoms with Crippen molar-refractivity contribution in [2.24, 2.45) is 0 Å². The van der Waals surface area contributed by atoms with Crippen LogP contribution in [0, 0.1) is 0 Å². The lowest BCUT2D eigenvalue weighted by Gasteiger charge is -2.29. The highest BCUT2D eigenvalue weighted by Crippen LogP contribution is 2.35. The van der Waals surface area contributed by atoms with Crippen LogP contribution >= 0.6 is 11.6 Å². The van der Waals surface area contributed by atoms with Crippen LogP contribution in [0.2, 0.25) is 5.02 Å². The Balaban J connectivity index is 2.58. The SMILES string of the molecule is CC(=O)Nc1ccc(Cl)cc1N(C(=O)OC(C)(C)C)c1ccccc1. The van der Waals surface area contributed by atoms with E-state index in [1.807, 2.05) is 18.2 Å². The number of halogens is 1. The van der Waals surface area contributed by atoms with Gasteiger partial charge in [0.1, 0.15) is 5.60 Å². The van der Waals surface area contributed by atoms with E-state index in [0.717, 1.165) is 0 Å². The van der Waals surface area contributed by atoms with Crippen molar-refractivity contribution in [3.63, 3.8) is 0 Å².